The van der Waals surface area contributed by atoms with Crippen LogP contribution in [0.25, 0.3) is 0 Å². The van der Waals surface area contributed by atoms with Gasteiger partial charge >= 0.3 is 0 Å². The minimum absolute atomic E-state index is 0.0394. The van der Waals surface area contributed by atoms with Gasteiger partial charge in [0.05, 0.1) is 0 Å². The predicted octanol–water partition coefficient (Wildman–Crippen LogP) is 3.12. The highest BCUT2D eigenvalue weighted by Crippen LogP contribution is 2.31. The number of carbonyl (C=O) groups excluding carboxylic acids is 2. The van der Waals surface area contributed by atoms with Crippen molar-refractivity contribution in [1.29, 1.82) is 0 Å². The highest BCUT2D eigenvalue weighted by molar-refractivity contribution is 5.96. The Bertz CT molecular complexity index is 592. The average molecular weight is 298 g/mol. The summed E-state index contributed by atoms with van der Waals surface area (Å²) in [5.74, 6) is 0.121. The largest absolute Gasteiger partial charge is 0.338 e. The number of carbonyl (C=O) groups is 2. The molecule has 0 spiro atoms. The maximum Gasteiger partial charge on any atom is 0.249 e. The van der Waals surface area contributed by atoms with Gasteiger partial charge in [-0.2, -0.15) is 0 Å². The summed E-state index contributed by atoms with van der Waals surface area (Å²) in [6, 6.07) is 9.42. The molecule has 0 saturated heterocycles. The van der Waals surface area contributed by atoms with Crippen molar-refractivity contribution in [3.05, 3.63) is 41.5 Å². The molecule has 2 aliphatic rings. The molecule has 2 amide bonds. The summed E-state index contributed by atoms with van der Waals surface area (Å²) >= 11 is 0. The first-order valence-electron chi connectivity index (χ1n) is 8.09. The van der Waals surface area contributed by atoms with E-state index < -0.39 is 0 Å². The summed E-state index contributed by atoms with van der Waals surface area (Å²) in [6.45, 7) is 1.27. The third kappa shape index (κ3) is 3.38. The minimum Gasteiger partial charge on any atom is -0.338 e. The molecule has 0 aromatic heterocycles. The van der Waals surface area contributed by atoms with Gasteiger partial charge < -0.3 is 10.2 Å². The predicted molar refractivity (Wildman–Crippen MR) is 86.4 cm³/mol. The van der Waals surface area contributed by atoms with E-state index in [9.17, 15) is 9.59 Å². The number of para-hydroxylation sites is 1. The lowest BCUT2D eigenvalue weighted by Crippen LogP contribution is -2.39. The maximum absolute atomic E-state index is 12.5. The molecule has 0 saturated carbocycles. The molecule has 0 radical (unpaired) electrons. The molecule has 1 aromatic rings. The van der Waals surface area contributed by atoms with Crippen molar-refractivity contribution in [3.63, 3.8) is 0 Å². The van der Waals surface area contributed by atoms with Crippen molar-refractivity contribution < 1.29 is 9.59 Å². The van der Waals surface area contributed by atoms with E-state index in [4.69, 9.17) is 0 Å². The average Bonchev–Trinajstić information content (AvgIpc) is 2.55. The van der Waals surface area contributed by atoms with Crippen molar-refractivity contribution in [2.24, 2.45) is 0 Å². The normalized spacial score (nSPS) is 18.2. The van der Waals surface area contributed by atoms with Crippen LogP contribution in [0.2, 0.25) is 0 Å². The molecule has 0 unspecified atom stereocenters. The first kappa shape index (κ1) is 14.8. The van der Waals surface area contributed by atoms with Crippen molar-refractivity contribution in [3.8, 4) is 0 Å². The lowest BCUT2D eigenvalue weighted by Gasteiger charge is -2.32. The Morgan fingerprint density at radius 2 is 1.86 bits per heavy atom. The molecule has 1 aliphatic heterocycles. The minimum atomic E-state index is -0.0394. The first-order valence-corrected chi connectivity index (χ1v) is 8.09. The van der Waals surface area contributed by atoms with Crippen LogP contribution in [0.15, 0.2) is 41.5 Å². The van der Waals surface area contributed by atoms with Gasteiger partial charge in [0.25, 0.3) is 0 Å². The Kier molecular flexibility index (Phi) is 4.56. The molecule has 22 heavy (non-hydrogen) atoms. The summed E-state index contributed by atoms with van der Waals surface area (Å²) < 4.78 is 0. The summed E-state index contributed by atoms with van der Waals surface area (Å²) in [5, 5.41) is 2.86. The Hall–Kier alpha value is -2.10. The third-order valence-electron chi connectivity index (χ3n) is 4.48. The zero-order valence-corrected chi connectivity index (χ0v) is 12.8. The summed E-state index contributed by atoms with van der Waals surface area (Å²) in [7, 11) is 0. The van der Waals surface area contributed by atoms with Crippen LogP contribution < -0.4 is 5.32 Å². The maximum atomic E-state index is 12.5. The molecule has 1 aliphatic carbocycles. The van der Waals surface area contributed by atoms with Gasteiger partial charge in [-0.15, -0.1) is 0 Å². The molecule has 4 nitrogen and oxygen atoms in total. The molecule has 0 bridgehead atoms. The highest BCUT2D eigenvalue weighted by Gasteiger charge is 2.28. The van der Waals surface area contributed by atoms with E-state index in [1.807, 2.05) is 35.2 Å². The number of benzene rings is 1. The van der Waals surface area contributed by atoms with Gasteiger partial charge in [-0.25, -0.2) is 0 Å². The second kappa shape index (κ2) is 6.77. The van der Waals surface area contributed by atoms with E-state index in [0.717, 1.165) is 43.5 Å². The molecular formula is C18H22N2O2. The molecule has 0 atom stereocenters. The Balaban J connectivity index is 1.53. The van der Waals surface area contributed by atoms with E-state index >= 15 is 0 Å². The van der Waals surface area contributed by atoms with Gasteiger partial charge in [0.15, 0.2) is 0 Å². The Morgan fingerprint density at radius 1 is 1.09 bits per heavy atom. The molecule has 4 heteroatoms. The number of hydrogen-bond donors (Lipinski definition) is 1. The summed E-state index contributed by atoms with van der Waals surface area (Å²) in [6.07, 6.45) is 5.67. The van der Waals surface area contributed by atoms with Crippen LogP contribution in [0.3, 0.4) is 0 Å². The lowest BCUT2D eigenvalue weighted by atomic mass is 9.86. The van der Waals surface area contributed by atoms with Gasteiger partial charge in [0.2, 0.25) is 11.8 Å². The van der Waals surface area contributed by atoms with Crippen LogP contribution in [-0.4, -0.2) is 29.8 Å². The number of anilines is 1. The van der Waals surface area contributed by atoms with Gasteiger partial charge in [-0.1, -0.05) is 23.8 Å². The Labute approximate surface area is 131 Å². The van der Waals surface area contributed by atoms with Gasteiger partial charge in [-0.3, -0.25) is 9.59 Å². The van der Waals surface area contributed by atoms with E-state index in [1.54, 1.807) is 0 Å². The summed E-state index contributed by atoms with van der Waals surface area (Å²) in [5.41, 5.74) is 3.19. The molecular weight excluding hydrogens is 276 g/mol. The number of rotatable bonds is 4. The fourth-order valence-corrected chi connectivity index (χ4v) is 3.26. The fraction of sp³-hybridized carbons (Fsp3) is 0.444. The van der Waals surface area contributed by atoms with Crippen LogP contribution in [0.5, 0.6) is 0 Å². The number of nitrogens with zero attached hydrogens (tertiary/aromatic N) is 1. The highest BCUT2D eigenvalue weighted by atomic mass is 16.2. The lowest BCUT2D eigenvalue weighted by molar-refractivity contribution is -0.128. The number of nitrogens with one attached hydrogen (secondary N) is 1. The van der Waals surface area contributed by atoms with Gasteiger partial charge in [0, 0.05) is 30.8 Å². The third-order valence-corrected chi connectivity index (χ3v) is 4.48. The second-order valence-corrected chi connectivity index (χ2v) is 6.00. The van der Waals surface area contributed by atoms with E-state index in [1.165, 1.54) is 12.0 Å². The Morgan fingerprint density at radius 3 is 2.68 bits per heavy atom. The second-order valence-electron chi connectivity index (χ2n) is 6.00. The van der Waals surface area contributed by atoms with Crippen molar-refractivity contribution in [1.82, 2.24) is 4.90 Å². The van der Waals surface area contributed by atoms with E-state index in [2.05, 4.69) is 5.32 Å². The molecule has 116 valence electrons. The quantitative estimate of drug-likeness (QED) is 0.928. The molecule has 1 aromatic carbocycles. The van der Waals surface area contributed by atoms with Crippen molar-refractivity contribution in [2.75, 3.05) is 18.4 Å². The zero-order chi connectivity index (χ0) is 15.4. The molecule has 0 fully saturated rings. The van der Waals surface area contributed by atoms with Crippen LogP contribution in [0.4, 0.5) is 5.69 Å². The molecule has 1 N–H and O–H groups in total. The SMILES string of the molecule is O=C(CCN1CCC2=C(CCCC2)C1=O)Nc1ccccc1. The molecule has 1 heterocycles. The van der Waals surface area contributed by atoms with Crippen LogP contribution in [0, 0.1) is 0 Å². The number of amides is 2. The smallest absolute Gasteiger partial charge is 0.249 e. The molecule has 3 rings (SSSR count). The van der Waals surface area contributed by atoms with Crippen molar-refractivity contribution >= 4 is 17.5 Å². The van der Waals surface area contributed by atoms with Crippen LogP contribution >= 0.6 is 0 Å². The monoisotopic (exact) mass is 298 g/mol. The topological polar surface area (TPSA) is 49.4 Å². The van der Waals surface area contributed by atoms with E-state index in [0.29, 0.717) is 13.0 Å². The van der Waals surface area contributed by atoms with Crippen molar-refractivity contribution in [2.45, 2.75) is 38.5 Å². The standard InChI is InChI=1S/C18H22N2O2/c21-17(19-15-7-2-1-3-8-15)11-13-20-12-10-14-6-4-5-9-16(14)18(20)22/h1-3,7-8H,4-6,9-13H2,(H,19,21). The van der Waals surface area contributed by atoms with Crippen LogP contribution in [-0.2, 0) is 9.59 Å². The van der Waals surface area contributed by atoms with Gasteiger partial charge in [-0.05, 0) is 44.2 Å². The van der Waals surface area contributed by atoms with Crippen LogP contribution in [0.1, 0.15) is 38.5 Å². The first-order chi connectivity index (χ1) is 10.7. The number of hydrogen-bond acceptors (Lipinski definition) is 2. The van der Waals surface area contributed by atoms with Gasteiger partial charge in [0.1, 0.15) is 0 Å². The van der Waals surface area contributed by atoms with E-state index in [-0.39, 0.29) is 11.8 Å². The summed E-state index contributed by atoms with van der Waals surface area (Å²) in [4.78, 5) is 26.3. The fourth-order valence-electron chi connectivity index (χ4n) is 3.26. The zero-order valence-electron chi connectivity index (χ0n) is 12.8.